The first-order chi connectivity index (χ1) is 14.5. The van der Waals surface area contributed by atoms with Gasteiger partial charge in [-0.1, -0.05) is 50.6 Å². The Labute approximate surface area is 183 Å². The van der Waals surface area contributed by atoms with E-state index in [1.807, 2.05) is 39.0 Å². The summed E-state index contributed by atoms with van der Waals surface area (Å²) < 4.78 is 12.4. The summed E-state index contributed by atoms with van der Waals surface area (Å²) in [6, 6.07) is 7.27. The molecule has 1 aromatic heterocycles. The van der Waals surface area contributed by atoms with Crippen molar-refractivity contribution in [1.29, 1.82) is 0 Å². The predicted octanol–water partition coefficient (Wildman–Crippen LogP) is 1.11. The van der Waals surface area contributed by atoms with E-state index in [4.69, 9.17) is 21.1 Å². The molecular formula is C21H27ClN2O7. The van der Waals surface area contributed by atoms with E-state index in [2.05, 4.69) is 4.98 Å². The Morgan fingerprint density at radius 3 is 2.48 bits per heavy atom. The highest BCUT2D eigenvalue weighted by atomic mass is 35.5. The fourth-order valence-corrected chi connectivity index (χ4v) is 3.83. The Hall–Kier alpha value is -2.01. The van der Waals surface area contributed by atoms with Crippen molar-refractivity contribution in [1.82, 2.24) is 9.55 Å². The van der Waals surface area contributed by atoms with Crippen LogP contribution in [0.1, 0.15) is 44.2 Å². The van der Waals surface area contributed by atoms with Gasteiger partial charge in [-0.15, -0.1) is 0 Å². The summed E-state index contributed by atoms with van der Waals surface area (Å²) in [5.74, 6) is 0. The molecule has 1 aliphatic heterocycles. The maximum Gasteiger partial charge on any atom is 0.330 e. The van der Waals surface area contributed by atoms with Gasteiger partial charge in [-0.25, -0.2) is 4.79 Å². The number of aromatic nitrogens is 2. The monoisotopic (exact) mass is 454 g/mol. The predicted molar refractivity (Wildman–Crippen MR) is 113 cm³/mol. The standard InChI is InChI=1S/C21H27ClN2O7/c1-21(2,3)17(12-6-4-5-7-13(12)22)30-10-11-8-24(20(29)23-18(11)28)19-16(27)15(26)14(9-25)31-19/h4-8,14-17,19,25-27H,9-10H2,1-3H3,(H,23,28,29)/t14-,15-,16-,17?,19-/m1/s1. The van der Waals surface area contributed by atoms with Crippen molar-refractivity contribution < 1.29 is 24.8 Å². The van der Waals surface area contributed by atoms with Crippen LogP contribution in [0.15, 0.2) is 40.1 Å². The van der Waals surface area contributed by atoms with Crippen molar-refractivity contribution in [3.8, 4) is 0 Å². The lowest BCUT2D eigenvalue weighted by Crippen LogP contribution is -2.39. The molecule has 10 heteroatoms. The Morgan fingerprint density at radius 1 is 1.23 bits per heavy atom. The number of aliphatic hydroxyl groups excluding tert-OH is 3. The lowest BCUT2D eigenvalue weighted by atomic mass is 9.84. The van der Waals surface area contributed by atoms with E-state index in [1.54, 1.807) is 6.07 Å². The highest BCUT2D eigenvalue weighted by Crippen LogP contribution is 2.39. The number of nitrogens with zero attached hydrogens (tertiary/aromatic N) is 1. The zero-order valence-corrected chi connectivity index (χ0v) is 18.2. The second-order valence-corrected chi connectivity index (χ2v) is 9.04. The van der Waals surface area contributed by atoms with Gasteiger partial charge in [0.25, 0.3) is 5.56 Å². The van der Waals surface area contributed by atoms with Crippen LogP contribution in [0, 0.1) is 5.41 Å². The molecule has 4 N–H and O–H groups in total. The largest absolute Gasteiger partial charge is 0.394 e. The molecule has 1 fully saturated rings. The molecule has 1 unspecified atom stereocenters. The molecule has 0 saturated carbocycles. The molecule has 2 heterocycles. The van der Waals surface area contributed by atoms with Crippen LogP contribution in [-0.4, -0.2) is 49.8 Å². The number of halogens is 1. The van der Waals surface area contributed by atoms with Gasteiger partial charge in [-0.05, 0) is 17.0 Å². The van der Waals surface area contributed by atoms with Gasteiger partial charge in [0.1, 0.15) is 18.3 Å². The summed E-state index contributed by atoms with van der Waals surface area (Å²) in [5.41, 5.74) is -0.916. The molecule has 1 aromatic carbocycles. The number of aromatic amines is 1. The zero-order chi connectivity index (χ0) is 22.9. The van der Waals surface area contributed by atoms with Crippen molar-refractivity contribution in [3.63, 3.8) is 0 Å². The minimum absolute atomic E-state index is 0.124. The minimum Gasteiger partial charge on any atom is -0.394 e. The van der Waals surface area contributed by atoms with Crippen LogP contribution >= 0.6 is 11.6 Å². The third kappa shape index (κ3) is 4.92. The van der Waals surface area contributed by atoms with Gasteiger partial charge in [0.2, 0.25) is 0 Å². The third-order valence-corrected chi connectivity index (χ3v) is 5.56. The Kier molecular flexibility index (Phi) is 7.04. The first-order valence-corrected chi connectivity index (χ1v) is 10.2. The lowest BCUT2D eigenvalue weighted by molar-refractivity contribution is -0.0561. The van der Waals surface area contributed by atoms with Crippen LogP contribution in [-0.2, 0) is 16.1 Å². The van der Waals surface area contributed by atoms with Crippen molar-refractivity contribution in [2.45, 2.75) is 58.0 Å². The lowest BCUT2D eigenvalue weighted by Gasteiger charge is -2.31. The van der Waals surface area contributed by atoms with Gasteiger partial charge in [-0.2, -0.15) is 0 Å². The Morgan fingerprint density at radius 2 is 1.90 bits per heavy atom. The van der Waals surface area contributed by atoms with Gasteiger partial charge in [-0.3, -0.25) is 14.3 Å². The molecule has 9 nitrogen and oxygen atoms in total. The summed E-state index contributed by atoms with van der Waals surface area (Å²) in [5, 5.41) is 30.0. The summed E-state index contributed by atoms with van der Waals surface area (Å²) in [6.45, 7) is 5.26. The van der Waals surface area contributed by atoms with E-state index in [1.165, 1.54) is 6.20 Å². The van der Waals surface area contributed by atoms with Gasteiger partial charge < -0.3 is 24.8 Å². The Bertz CT molecular complexity index is 1030. The number of hydrogen-bond donors (Lipinski definition) is 4. The van der Waals surface area contributed by atoms with Crippen LogP contribution < -0.4 is 11.2 Å². The van der Waals surface area contributed by atoms with E-state index in [9.17, 15) is 24.9 Å². The van der Waals surface area contributed by atoms with Gasteiger partial charge in [0.05, 0.1) is 24.9 Å². The normalized spacial score (nSPS) is 25.0. The van der Waals surface area contributed by atoms with E-state index in [0.717, 1.165) is 10.1 Å². The average Bonchev–Trinajstić information content (AvgIpc) is 2.98. The second-order valence-electron chi connectivity index (χ2n) is 8.63. The average molecular weight is 455 g/mol. The number of rotatable bonds is 6. The minimum atomic E-state index is -1.46. The van der Waals surface area contributed by atoms with Crippen LogP contribution in [0.3, 0.4) is 0 Å². The molecular weight excluding hydrogens is 428 g/mol. The van der Waals surface area contributed by atoms with Gasteiger partial charge in [0, 0.05) is 11.2 Å². The molecule has 5 atom stereocenters. The maximum atomic E-state index is 12.4. The Balaban J connectivity index is 1.90. The number of aliphatic hydroxyl groups is 3. The number of ether oxygens (including phenoxy) is 2. The fraction of sp³-hybridized carbons (Fsp3) is 0.524. The van der Waals surface area contributed by atoms with E-state index in [0.29, 0.717) is 5.02 Å². The van der Waals surface area contributed by atoms with Crippen molar-refractivity contribution in [2.75, 3.05) is 6.61 Å². The molecule has 0 bridgehead atoms. The number of nitrogens with one attached hydrogen (secondary N) is 1. The number of H-pyrrole nitrogens is 1. The first kappa shape index (κ1) is 23.6. The van der Waals surface area contributed by atoms with Crippen LogP contribution in [0.4, 0.5) is 0 Å². The van der Waals surface area contributed by atoms with Crippen molar-refractivity contribution >= 4 is 11.6 Å². The molecule has 0 amide bonds. The van der Waals surface area contributed by atoms with Crippen LogP contribution in [0.25, 0.3) is 0 Å². The van der Waals surface area contributed by atoms with E-state index in [-0.39, 0.29) is 17.6 Å². The number of hydrogen-bond acceptors (Lipinski definition) is 7. The molecule has 3 rings (SSSR count). The smallest absolute Gasteiger partial charge is 0.330 e. The van der Waals surface area contributed by atoms with E-state index < -0.39 is 48.5 Å². The molecule has 0 aliphatic carbocycles. The molecule has 1 aliphatic rings. The molecule has 1 saturated heterocycles. The zero-order valence-electron chi connectivity index (χ0n) is 17.5. The van der Waals surface area contributed by atoms with Crippen LogP contribution in [0.2, 0.25) is 5.02 Å². The highest BCUT2D eigenvalue weighted by Gasteiger charge is 2.44. The quantitative estimate of drug-likeness (QED) is 0.513. The van der Waals surface area contributed by atoms with Crippen molar-refractivity contribution in [2.24, 2.45) is 5.41 Å². The summed E-state index contributed by atoms with van der Waals surface area (Å²) in [6.07, 6.45) is -4.37. The summed E-state index contributed by atoms with van der Waals surface area (Å²) >= 11 is 6.35. The van der Waals surface area contributed by atoms with Crippen LogP contribution in [0.5, 0.6) is 0 Å². The van der Waals surface area contributed by atoms with Crippen molar-refractivity contribution in [3.05, 3.63) is 67.4 Å². The first-order valence-electron chi connectivity index (χ1n) is 9.87. The molecule has 170 valence electrons. The number of benzene rings is 1. The van der Waals surface area contributed by atoms with Gasteiger partial charge >= 0.3 is 5.69 Å². The highest BCUT2D eigenvalue weighted by molar-refractivity contribution is 6.31. The summed E-state index contributed by atoms with van der Waals surface area (Å²) in [4.78, 5) is 26.9. The third-order valence-electron chi connectivity index (χ3n) is 5.21. The maximum absolute atomic E-state index is 12.4. The fourth-order valence-electron chi connectivity index (χ4n) is 3.60. The topological polar surface area (TPSA) is 134 Å². The van der Waals surface area contributed by atoms with Gasteiger partial charge in [0.15, 0.2) is 6.23 Å². The molecule has 2 aromatic rings. The molecule has 31 heavy (non-hydrogen) atoms. The van der Waals surface area contributed by atoms with E-state index >= 15 is 0 Å². The second kappa shape index (κ2) is 9.23. The SMILES string of the molecule is CC(C)(C)C(OCc1cn([C@@H]2O[C@H](CO)[C@@H](O)[C@H]2O)c(=O)[nH]c1=O)c1ccccc1Cl. The molecule has 0 spiro atoms. The molecule has 0 radical (unpaired) electrons. The summed E-state index contributed by atoms with van der Waals surface area (Å²) in [7, 11) is 0.